The van der Waals surface area contributed by atoms with Gasteiger partial charge in [0.2, 0.25) is 5.91 Å². The van der Waals surface area contributed by atoms with Crippen LogP contribution in [0.5, 0.6) is 0 Å². The van der Waals surface area contributed by atoms with E-state index in [1.807, 2.05) is 0 Å². The van der Waals surface area contributed by atoms with E-state index >= 15 is 0 Å². The molecule has 0 aromatic heterocycles. The number of hydrogen-bond donors (Lipinski definition) is 3. The van der Waals surface area contributed by atoms with Gasteiger partial charge in [-0.2, -0.15) is 0 Å². The van der Waals surface area contributed by atoms with Crippen LogP contribution >= 0.6 is 0 Å². The number of benzene rings is 1. The highest BCUT2D eigenvalue weighted by atomic mass is 19.1. The highest BCUT2D eigenvalue weighted by Gasteiger charge is 2.22. The summed E-state index contributed by atoms with van der Waals surface area (Å²) in [6.45, 7) is -0.280. The van der Waals surface area contributed by atoms with Gasteiger partial charge in [0.05, 0.1) is 12.1 Å². The SMILES string of the molecule is COC(CNC(=O)c1cc2c(cc1F)NC(=O)CC2)C(=O)O. The quantitative estimate of drug-likeness (QED) is 0.736. The van der Waals surface area contributed by atoms with Crippen molar-refractivity contribution in [1.29, 1.82) is 0 Å². The molecule has 7 nitrogen and oxygen atoms in total. The van der Waals surface area contributed by atoms with Crippen molar-refractivity contribution in [2.24, 2.45) is 0 Å². The largest absolute Gasteiger partial charge is 0.479 e. The maximum Gasteiger partial charge on any atom is 0.334 e. The summed E-state index contributed by atoms with van der Waals surface area (Å²) in [5, 5.41) is 13.7. The summed E-state index contributed by atoms with van der Waals surface area (Å²) in [6, 6.07) is 2.45. The van der Waals surface area contributed by atoms with Crippen molar-refractivity contribution in [3.63, 3.8) is 0 Å². The second-order valence-corrected chi connectivity index (χ2v) is 4.81. The van der Waals surface area contributed by atoms with Gasteiger partial charge in [0.15, 0.2) is 6.10 Å². The maximum atomic E-state index is 14.0. The van der Waals surface area contributed by atoms with E-state index in [-0.39, 0.29) is 24.4 Å². The standard InChI is InChI=1S/C14H15FN2O5/c1-22-11(14(20)21)6-16-13(19)8-4-7-2-3-12(18)17-10(7)5-9(8)15/h4-5,11H,2-3,6H2,1H3,(H,16,19)(H,17,18)(H,20,21). The van der Waals surface area contributed by atoms with Gasteiger partial charge in [-0.25, -0.2) is 9.18 Å². The minimum Gasteiger partial charge on any atom is -0.479 e. The van der Waals surface area contributed by atoms with Crippen LogP contribution in [0.1, 0.15) is 22.3 Å². The van der Waals surface area contributed by atoms with Crippen LogP contribution in [0.4, 0.5) is 10.1 Å². The van der Waals surface area contributed by atoms with Gasteiger partial charge in [0, 0.05) is 19.2 Å². The highest BCUT2D eigenvalue weighted by Crippen LogP contribution is 2.25. The number of carboxylic acids is 1. The van der Waals surface area contributed by atoms with Gasteiger partial charge in [-0.15, -0.1) is 0 Å². The van der Waals surface area contributed by atoms with Crippen molar-refractivity contribution in [3.8, 4) is 0 Å². The van der Waals surface area contributed by atoms with Gasteiger partial charge >= 0.3 is 5.97 Å². The van der Waals surface area contributed by atoms with Gasteiger partial charge in [-0.1, -0.05) is 0 Å². The lowest BCUT2D eigenvalue weighted by atomic mass is 9.99. The molecule has 0 aliphatic carbocycles. The number of fused-ring (bicyclic) bond motifs is 1. The number of aryl methyl sites for hydroxylation is 1. The molecule has 0 radical (unpaired) electrons. The summed E-state index contributed by atoms with van der Waals surface area (Å²) in [5.41, 5.74) is 0.813. The average Bonchev–Trinajstić information content (AvgIpc) is 2.46. The zero-order valence-electron chi connectivity index (χ0n) is 11.8. The zero-order valence-corrected chi connectivity index (χ0v) is 11.8. The first-order chi connectivity index (χ1) is 10.4. The van der Waals surface area contributed by atoms with Crippen LogP contribution in [0, 0.1) is 5.82 Å². The zero-order chi connectivity index (χ0) is 16.3. The predicted octanol–water partition coefficient (Wildman–Crippen LogP) is 0.540. The molecule has 0 saturated carbocycles. The number of nitrogens with one attached hydrogen (secondary N) is 2. The van der Waals surface area contributed by atoms with Gasteiger partial charge in [-0.05, 0) is 24.1 Å². The molecule has 0 bridgehead atoms. The number of amides is 2. The second kappa shape index (κ2) is 6.52. The van der Waals surface area contributed by atoms with E-state index in [0.717, 1.165) is 6.07 Å². The number of carboxylic acid groups (broad SMARTS) is 1. The summed E-state index contributed by atoms with van der Waals surface area (Å²) >= 11 is 0. The molecule has 1 aromatic carbocycles. The number of hydrogen-bond acceptors (Lipinski definition) is 4. The van der Waals surface area contributed by atoms with E-state index in [1.54, 1.807) is 0 Å². The molecule has 1 aliphatic rings. The lowest BCUT2D eigenvalue weighted by molar-refractivity contribution is -0.148. The molecule has 118 valence electrons. The Labute approximate surface area is 125 Å². The van der Waals surface area contributed by atoms with Crippen molar-refractivity contribution >= 4 is 23.5 Å². The van der Waals surface area contributed by atoms with Crippen molar-refractivity contribution in [2.45, 2.75) is 18.9 Å². The molecule has 1 aromatic rings. The molecule has 1 heterocycles. The fourth-order valence-corrected chi connectivity index (χ4v) is 2.13. The minimum atomic E-state index is -1.23. The molecule has 2 rings (SSSR count). The number of aliphatic carboxylic acids is 1. The molecule has 1 unspecified atom stereocenters. The Kier molecular flexibility index (Phi) is 4.71. The summed E-state index contributed by atoms with van der Waals surface area (Å²) in [6.07, 6.45) is -0.522. The molecule has 3 N–H and O–H groups in total. The Morgan fingerprint density at radius 2 is 2.18 bits per heavy atom. The first-order valence-electron chi connectivity index (χ1n) is 6.58. The Hall–Kier alpha value is -2.48. The van der Waals surface area contributed by atoms with E-state index in [9.17, 15) is 18.8 Å². The molecule has 1 aliphatic heterocycles. The number of anilines is 1. The Balaban J connectivity index is 2.13. The van der Waals surface area contributed by atoms with E-state index in [2.05, 4.69) is 15.4 Å². The summed E-state index contributed by atoms with van der Waals surface area (Å²) in [4.78, 5) is 34.0. The van der Waals surface area contributed by atoms with Gasteiger partial charge < -0.3 is 20.5 Å². The predicted molar refractivity (Wildman–Crippen MR) is 74.1 cm³/mol. The monoisotopic (exact) mass is 310 g/mol. The first kappa shape index (κ1) is 15.9. The van der Waals surface area contributed by atoms with E-state index in [4.69, 9.17) is 5.11 Å². The van der Waals surface area contributed by atoms with Gasteiger partial charge in [0.1, 0.15) is 5.82 Å². The number of halogens is 1. The first-order valence-corrected chi connectivity index (χ1v) is 6.58. The van der Waals surface area contributed by atoms with Crippen LogP contribution < -0.4 is 10.6 Å². The summed E-state index contributed by atoms with van der Waals surface area (Å²) < 4.78 is 18.6. The van der Waals surface area contributed by atoms with E-state index in [1.165, 1.54) is 13.2 Å². The minimum absolute atomic E-state index is 0.199. The molecule has 22 heavy (non-hydrogen) atoms. The van der Waals surface area contributed by atoms with Crippen LogP contribution in [0.3, 0.4) is 0 Å². The molecule has 0 saturated heterocycles. The van der Waals surface area contributed by atoms with Crippen LogP contribution in [-0.4, -0.2) is 42.6 Å². The smallest absolute Gasteiger partial charge is 0.334 e. The maximum absolute atomic E-state index is 14.0. The van der Waals surface area contributed by atoms with Gasteiger partial charge in [0.25, 0.3) is 5.91 Å². The third-order valence-electron chi connectivity index (χ3n) is 3.34. The average molecular weight is 310 g/mol. The molecule has 8 heteroatoms. The van der Waals surface area contributed by atoms with Crippen LogP contribution in [0.25, 0.3) is 0 Å². The molecular formula is C14H15FN2O5. The van der Waals surface area contributed by atoms with E-state index in [0.29, 0.717) is 17.7 Å². The fourth-order valence-electron chi connectivity index (χ4n) is 2.13. The van der Waals surface area contributed by atoms with Gasteiger partial charge in [-0.3, -0.25) is 9.59 Å². The highest BCUT2D eigenvalue weighted by molar-refractivity contribution is 5.98. The van der Waals surface area contributed by atoms with Crippen molar-refractivity contribution in [2.75, 3.05) is 19.0 Å². The van der Waals surface area contributed by atoms with Crippen molar-refractivity contribution in [1.82, 2.24) is 5.32 Å². The number of carbonyl (C=O) groups is 3. The molecule has 2 amide bonds. The molecule has 1 atom stereocenters. The second-order valence-electron chi connectivity index (χ2n) is 4.81. The summed E-state index contributed by atoms with van der Waals surface area (Å²) in [7, 11) is 1.20. The summed E-state index contributed by atoms with van der Waals surface area (Å²) in [5.74, 6) is -2.95. The van der Waals surface area contributed by atoms with Crippen molar-refractivity contribution < 1.29 is 28.6 Å². The van der Waals surface area contributed by atoms with Crippen LogP contribution in [0.15, 0.2) is 12.1 Å². The van der Waals surface area contributed by atoms with Crippen LogP contribution in [-0.2, 0) is 20.7 Å². The number of carbonyl (C=O) groups excluding carboxylic acids is 2. The normalized spacial score (nSPS) is 14.7. The van der Waals surface area contributed by atoms with E-state index < -0.39 is 23.8 Å². The number of ether oxygens (including phenoxy) is 1. The molecule has 0 fully saturated rings. The molecular weight excluding hydrogens is 295 g/mol. The topological polar surface area (TPSA) is 105 Å². The lowest BCUT2D eigenvalue weighted by Gasteiger charge is -2.18. The van der Waals surface area contributed by atoms with Crippen LogP contribution in [0.2, 0.25) is 0 Å². The van der Waals surface area contributed by atoms with Crippen molar-refractivity contribution in [3.05, 3.63) is 29.1 Å². The molecule has 0 spiro atoms. The fraction of sp³-hybridized carbons (Fsp3) is 0.357. The Bertz CT molecular complexity index is 632. The third-order valence-corrected chi connectivity index (χ3v) is 3.34. The Morgan fingerprint density at radius 3 is 2.82 bits per heavy atom. The number of rotatable bonds is 5. The lowest BCUT2D eigenvalue weighted by Crippen LogP contribution is -2.38. The number of methoxy groups -OCH3 is 1. The third kappa shape index (κ3) is 3.40. The Morgan fingerprint density at radius 1 is 1.45 bits per heavy atom.